The third-order valence-corrected chi connectivity index (χ3v) is 6.36. The fourth-order valence-corrected chi connectivity index (χ4v) is 4.15. The molecule has 0 aliphatic rings. The summed E-state index contributed by atoms with van der Waals surface area (Å²) in [7, 11) is 9.05. The zero-order valence-corrected chi connectivity index (χ0v) is 27.4. The Morgan fingerprint density at radius 1 is 0.405 bits per heavy atom. The van der Waals surface area contributed by atoms with E-state index in [1.807, 2.05) is 0 Å². The molecule has 0 aliphatic carbocycles. The summed E-state index contributed by atoms with van der Waals surface area (Å²) in [6, 6.07) is 0. The average Bonchev–Trinajstić information content (AvgIpc) is 2.74. The van der Waals surface area contributed by atoms with E-state index in [0.717, 1.165) is 8.97 Å². The predicted octanol–water partition coefficient (Wildman–Crippen LogP) is 8.57. The topological polar surface area (TPSA) is 74.6 Å². The molecule has 37 heavy (non-hydrogen) atoms. The highest BCUT2D eigenvalue weighted by atomic mass is 32.3. The molecule has 0 rings (SSSR count). The Morgan fingerprint density at radius 2 is 0.568 bits per heavy atom. The van der Waals surface area contributed by atoms with Gasteiger partial charge in [-0.1, -0.05) is 117 Å². The van der Waals surface area contributed by atoms with Crippen LogP contribution in [0.25, 0.3) is 0 Å². The number of nitrogens with zero attached hydrogens (tertiary/aromatic N) is 2. The molecular formula is C30H70N2O4S+2. The van der Waals surface area contributed by atoms with Crippen LogP contribution in [0.4, 0.5) is 0 Å². The molecule has 0 saturated heterocycles. The lowest BCUT2D eigenvalue weighted by atomic mass is 10.1. The molecular weight excluding hydrogens is 484 g/mol. The highest BCUT2D eigenvalue weighted by Crippen LogP contribution is 2.12. The molecule has 2 N–H and O–H groups in total. The van der Waals surface area contributed by atoms with E-state index in [-0.39, 0.29) is 0 Å². The molecule has 0 spiro atoms. The summed E-state index contributed by atoms with van der Waals surface area (Å²) in [5.41, 5.74) is 0. The van der Waals surface area contributed by atoms with Gasteiger partial charge in [0.15, 0.2) is 0 Å². The van der Waals surface area contributed by atoms with Crippen LogP contribution in [-0.4, -0.2) is 81.9 Å². The zero-order valence-electron chi connectivity index (χ0n) is 26.6. The van der Waals surface area contributed by atoms with Crippen LogP contribution in [0, 0.1) is 0 Å². The van der Waals surface area contributed by atoms with E-state index < -0.39 is 10.4 Å². The SMILES string of the molecule is CCCCCCCCCCCC[N+](C)(C)C.CCCCCCCCCCCC[N+](C)(C)C.O=S(=O)(O)O. The van der Waals surface area contributed by atoms with Crippen LogP contribution in [-0.2, 0) is 10.4 Å². The Bertz CT molecular complexity index is 499. The van der Waals surface area contributed by atoms with Gasteiger partial charge in [-0.15, -0.1) is 0 Å². The van der Waals surface area contributed by atoms with Gasteiger partial charge in [-0.05, 0) is 25.7 Å². The second kappa shape index (κ2) is 27.4. The van der Waals surface area contributed by atoms with Crippen LogP contribution < -0.4 is 0 Å². The first-order chi connectivity index (χ1) is 17.1. The first-order valence-electron chi connectivity index (χ1n) is 15.4. The molecule has 0 aromatic carbocycles. The molecule has 0 radical (unpaired) electrons. The van der Waals surface area contributed by atoms with E-state index in [1.54, 1.807) is 0 Å². The summed E-state index contributed by atoms with van der Waals surface area (Å²) in [6.07, 6.45) is 28.8. The van der Waals surface area contributed by atoms with Gasteiger partial charge < -0.3 is 8.97 Å². The first kappa shape index (κ1) is 41.3. The maximum atomic E-state index is 8.74. The van der Waals surface area contributed by atoms with Gasteiger partial charge in [0.05, 0.1) is 55.4 Å². The Labute approximate surface area is 234 Å². The van der Waals surface area contributed by atoms with Crippen LogP contribution >= 0.6 is 0 Å². The molecule has 0 unspecified atom stereocenters. The lowest BCUT2D eigenvalue weighted by Gasteiger charge is -2.23. The third kappa shape index (κ3) is 61.4. The monoisotopic (exact) mass is 555 g/mol. The van der Waals surface area contributed by atoms with Gasteiger partial charge in [-0.3, -0.25) is 9.11 Å². The Hall–Kier alpha value is -0.210. The van der Waals surface area contributed by atoms with Crippen molar-refractivity contribution in [1.82, 2.24) is 0 Å². The lowest BCUT2D eigenvalue weighted by molar-refractivity contribution is -0.870. The minimum atomic E-state index is -4.67. The Kier molecular flexibility index (Phi) is 30.5. The largest absolute Gasteiger partial charge is 0.394 e. The van der Waals surface area contributed by atoms with Gasteiger partial charge in [0.25, 0.3) is 0 Å². The fourth-order valence-electron chi connectivity index (χ4n) is 4.15. The summed E-state index contributed by atoms with van der Waals surface area (Å²) in [5, 5.41) is 0. The number of quaternary nitrogens is 2. The molecule has 7 heteroatoms. The highest BCUT2D eigenvalue weighted by molar-refractivity contribution is 7.79. The lowest BCUT2D eigenvalue weighted by Crippen LogP contribution is -2.35. The molecule has 0 amide bonds. The summed E-state index contributed by atoms with van der Waals surface area (Å²) in [5.74, 6) is 0. The fraction of sp³-hybridized carbons (Fsp3) is 1.00. The van der Waals surface area contributed by atoms with Crippen molar-refractivity contribution >= 4 is 10.4 Å². The molecule has 0 fully saturated rings. The van der Waals surface area contributed by atoms with Crippen molar-refractivity contribution in [2.24, 2.45) is 0 Å². The number of unbranched alkanes of at least 4 members (excludes halogenated alkanes) is 18. The number of rotatable bonds is 22. The minimum Gasteiger partial charge on any atom is -0.331 e. The van der Waals surface area contributed by atoms with Gasteiger partial charge in [-0.2, -0.15) is 8.42 Å². The predicted molar refractivity (Wildman–Crippen MR) is 164 cm³/mol. The number of hydrogen-bond acceptors (Lipinski definition) is 2. The van der Waals surface area contributed by atoms with Gasteiger partial charge >= 0.3 is 10.4 Å². The molecule has 0 aromatic heterocycles. The van der Waals surface area contributed by atoms with E-state index in [4.69, 9.17) is 17.5 Å². The molecule has 0 atom stereocenters. The van der Waals surface area contributed by atoms with Gasteiger partial charge in [-0.25, -0.2) is 0 Å². The van der Waals surface area contributed by atoms with Gasteiger partial charge in [0, 0.05) is 0 Å². The third-order valence-electron chi connectivity index (χ3n) is 6.36. The molecule has 6 nitrogen and oxygen atoms in total. The van der Waals surface area contributed by atoms with Gasteiger partial charge in [0.2, 0.25) is 0 Å². The van der Waals surface area contributed by atoms with E-state index in [2.05, 4.69) is 56.1 Å². The van der Waals surface area contributed by atoms with Crippen LogP contribution in [0.3, 0.4) is 0 Å². The first-order valence-corrected chi connectivity index (χ1v) is 16.8. The summed E-state index contributed by atoms with van der Waals surface area (Å²) < 4.78 is 33.8. The van der Waals surface area contributed by atoms with Crippen LogP contribution in [0.5, 0.6) is 0 Å². The molecule has 0 bridgehead atoms. The summed E-state index contributed by atoms with van der Waals surface area (Å²) in [6.45, 7) is 7.23. The van der Waals surface area contributed by atoms with Crippen LogP contribution in [0.2, 0.25) is 0 Å². The van der Waals surface area contributed by atoms with Crippen molar-refractivity contribution in [3.63, 3.8) is 0 Å². The van der Waals surface area contributed by atoms with Crippen molar-refractivity contribution in [3.05, 3.63) is 0 Å². The van der Waals surface area contributed by atoms with Crippen molar-refractivity contribution in [1.29, 1.82) is 0 Å². The van der Waals surface area contributed by atoms with Crippen LogP contribution in [0.15, 0.2) is 0 Å². The van der Waals surface area contributed by atoms with Crippen molar-refractivity contribution < 1.29 is 26.5 Å². The van der Waals surface area contributed by atoms with E-state index in [0.29, 0.717) is 0 Å². The maximum absolute atomic E-state index is 8.74. The normalized spacial score (nSPS) is 11.9. The molecule has 0 aromatic rings. The van der Waals surface area contributed by atoms with Crippen LogP contribution in [0.1, 0.15) is 142 Å². The summed E-state index contributed by atoms with van der Waals surface area (Å²) in [4.78, 5) is 0. The molecule has 228 valence electrons. The molecule has 0 saturated carbocycles. The standard InChI is InChI=1S/2C15H34N.H2O4S/c2*1-5-6-7-8-9-10-11-12-13-14-15-16(2,3)4;1-5(2,3)4/h2*5-15H2,1-4H3;(H2,1,2,3,4)/q2*+1;. The Balaban J connectivity index is -0.000000528. The second-order valence-corrected chi connectivity index (χ2v) is 13.7. The van der Waals surface area contributed by atoms with E-state index in [1.165, 1.54) is 142 Å². The molecule has 0 heterocycles. The zero-order chi connectivity index (χ0) is 29.1. The van der Waals surface area contributed by atoms with Crippen molar-refractivity contribution in [2.75, 3.05) is 55.4 Å². The van der Waals surface area contributed by atoms with E-state index >= 15 is 0 Å². The molecule has 0 aliphatic heterocycles. The highest BCUT2D eigenvalue weighted by Gasteiger charge is 2.05. The van der Waals surface area contributed by atoms with Gasteiger partial charge in [0.1, 0.15) is 0 Å². The quantitative estimate of drug-likeness (QED) is 0.0798. The van der Waals surface area contributed by atoms with Crippen molar-refractivity contribution in [3.8, 4) is 0 Å². The smallest absolute Gasteiger partial charge is 0.331 e. The maximum Gasteiger partial charge on any atom is 0.394 e. The van der Waals surface area contributed by atoms with E-state index in [9.17, 15) is 0 Å². The second-order valence-electron chi connectivity index (χ2n) is 12.8. The summed E-state index contributed by atoms with van der Waals surface area (Å²) >= 11 is 0. The minimum absolute atomic E-state index is 1.12. The average molecular weight is 555 g/mol. The Morgan fingerprint density at radius 3 is 0.730 bits per heavy atom. The number of hydrogen-bond donors (Lipinski definition) is 2. The van der Waals surface area contributed by atoms with Crippen molar-refractivity contribution in [2.45, 2.75) is 142 Å².